The third-order valence-corrected chi connectivity index (χ3v) is 5.28. The fourth-order valence-corrected chi connectivity index (χ4v) is 3.40. The molecule has 2 fully saturated rings. The van der Waals surface area contributed by atoms with Gasteiger partial charge in [-0.15, -0.1) is 0 Å². The Morgan fingerprint density at radius 3 is 1.97 bits per heavy atom. The van der Waals surface area contributed by atoms with Crippen LogP contribution in [-0.2, 0) is 9.47 Å². The molecule has 2 heterocycles. The van der Waals surface area contributed by atoms with Crippen molar-refractivity contribution in [2.24, 2.45) is 0 Å². The van der Waals surface area contributed by atoms with E-state index in [-0.39, 0.29) is 18.1 Å². The molecule has 0 aromatic heterocycles. The van der Waals surface area contributed by atoms with Crippen LogP contribution in [0.5, 0.6) is 0 Å². The van der Waals surface area contributed by atoms with E-state index in [1.807, 2.05) is 0 Å². The van der Waals surface area contributed by atoms with Gasteiger partial charge >= 0.3 is 0 Å². The maximum absolute atomic E-state index is 12.2. The monoisotopic (exact) mass is 452 g/mol. The number of benzene rings is 1. The van der Waals surface area contributed by atoms with Crippen molar-refractivity contribution in [3.8, 4) is 0 Å². The first kappa shape index (κ1) is 22.5. The van der Waals surface area contributed by atoms with Gasteiger partial charge in [-0.05, 0) is 74.4 Å². The molecule has 3 rings (SSSR count). The van der Waals surface area contributed by atoms with Crippen molar-refractivity contribution in [2.75, 3.05) is 31.7 Å². The highest BCUT2D eigenvalue weighted by Crippen LogP contribution is 2.11. The van der Waals surface area contributed by atoms with Crippen LogP contribution in [0.1, 0.15) is 36.0 Å². The number of hydrogen-bond acceptors (Lipinski definition) is 6. The number of hydrogen-bond donors (Lipinski definition) is 6. The summed E-state index contributed by atoms with van der Waals surface area (Å²) in [4.78, 5) is 12.2. The molecule has 0 spiro atoms. The molecule has 30 heavy (non-hydrogen) atoms. The normalized spacial score (nSPS) is 20.3. The summed E-state index contributed by atoms with van der Waals surface area (Å²) in [5, 5.41) is 6.99. The standard InChI is InChI=1S/C19H28N6O3S2/c26-17(23-25-19(30)21-12-16-4-2-10-28-16)13-5-7-14(8-6-13)22-24-18(29)20-11-15-3-1-9-27-15/h5-8,15-16,22H,1-4,9-12H2,(H,23,26)(H2,20,24,29)(H2,21,25,30). The van der Waals surface area contributed by atoms with Gasteiger partial charge in [0.05, 0.1) is 17.9 Å². The third kappa shape index (κ3) is 7.56. The average Bonchev–Trinajstić information content (AvgIpc) is 3.47. The lowest BCUT2D eigenvalue weighted by Gasteiger charge is -2.15. The van der Waals surface area contributed by atoms with Gasteiger partial charge in [0.15, 0.2) is 10.2 Å². The zero-order valence-corrected chi connectivity index (χ0v) is 18.3. The van der Waals surface area contributed by atoms with E-state index in [0.717, 1.165) is 44.6 Å². The first-order valence-corrected chi connectivity index (χ1v) is 10.9. The average molecular weight is 453 g/mol. The van der Waals surface area contributed by atoms with Crippen molar-refractivity contribution in [3.05, 3.63) is 29.8 Å². The van der Waals surface area contributed by atoms with E-state index in [2.05, 4.69) is 32.3 Å². The largest absolute Gasteiger partial charge is 0.376 e. The molecule has 0 saturated carbocycles. The van der Waals surface area contributed by atoms with Crippen molar-refractivity contribution in [2.45, 2.75) is 37.9 Å². The van der Waals surface area contributed by atoms with Crippen LogP contribution in [0.3, 0.4) is 0 Å². The summed E-state index contributed by atoms with van der Waals surface area (Å²) >= 11 is 10.4. The van der Waals surface area contributed by atoms with Crippen LogP contribution >= 0.6 is 24.4 Å². The van der Waals surface area contributed by atoms with Crippen molar-refractivity contribution < 1.29 is 14.3 Å². The molecule has 1 aromatic carbocycles. The fourth-order valence-electron chi connectivity index (χ4n) is 3.13. The fraction of sp³-hybridized carbons (Fsp3) is 0.526. The molecule has 0 bridgehead atoms. The predicted octanol–water partition coefficient (Wildman–Crippen LogP) is 0.944. The van der Waals surface area contributed by atoms with E-state index >= 15 is 0 Å². The Morgan fingerprint density at radius 1 is 0.867 bits per heavy atom. The molecule has 1 aromatic rings. The minimum Gasteiger partial charge on any atom is -0.376 e. The Hall–Kier alpha value is -2.21. The summed E-state index contributed by atoms with van der Waals surface area (Å²) in [6.45, 7) is 2.92. The second kappa shape index (κ2) is 11.8. The maximum Gasteiger partial charge on any atom is 0.269 e. The molecule has 164 valence electrons. The van der Waals surface area contributed by atoms with Crippen LogP contribution < -0.4 is 32.3 Å². The molecule has 9 nitrogen and oxygen atoms in total. The highest BCUT2D eigenvalue weighted by molar-refractivity contribution is 7.80. The molecular weight excluding hydrogens is 424 g/mol. The molecule has 2 unspecified atom stereocenters. The molecule has 2 saturated heterocycles. The SMILES string of the molecule is O=C(NNC(=S)NCC1CCCO1)c1ccc(NNC(=S)NCC2CCCO2)cc1. The van der Waals surface area contributed by atoms with Gasteiger partial charge in [0.25, 0.3) is 5.91 Å². The number of thiocarbonyl (C=S) groups is 2. The van der Waals surface area contributed by atoms with E-state index < -0.39 is 0 Å². The Labute approximate surface area is 187 Å². The topological polar surface area (TPSA) is 108 Å². The number of nitrogens with one attached hydrogen (secondary N) is 6. The zero-order valence-electron chi connectivity index (χ0n) is 16.7. The van der Waals surface area contributed by atoms with Gasteiger partial charge in [-0.1, -0.05) is 0 Å². The van der Waals surface area contributed by atoms with Gasteiger partial charge in [0.2, 0.25) is 0 Å². The predicted molar refractivity (Wildman–Crippen MR) is 123 cm³/mol. The third-order valence-electron chi connectivity index (χ3n) is 4.79. The number of anilines is 1. The molecule has 0 radical (unpaired) electrons. The maximum atomic E-state index is 12.2. The molecule has 2 atom stereocenters. The lowest BCUT2D eigenvalue weighted by molar-refractivity contribution is 0.0943. The summed E-state index contributed by atoms with van der Waals surface area (Å²) in [5.74, 6) is -0.287. The first-order valence-electron chi connectivity index (χ1n) is 10.1. The molecular formula is C19H28N6O3S2. The number of ether oxygens (including phenoxy) is 2. The molecule has 0 aliphatic carbocycles. The quantitative estimate of drug-likeness (QED) is 0.264. The van der Waals surface area contributed by atoms with E-state index in [4.69, 9.17) is 33.9 Å². The van der Waals surface area contributed by atoms with Crippen LogP contribution in [0.15, 0.2) is 24.3 Å². The molecule has 1 amide bonds. The second-order valence-electron chi connectivity index (χ2n) is 7.10. The minimum absolute atomic E-state index is 0.174. The molecule has 11 heteroatoms. The summed E-state index contributed by atoms with van der Waals surface area (Å²) < 4.78 is 11.1. The highest BCUT2D eigenvalue weighted by atomic mass is 32.1. The van der Waals surface area contributed by atoms with Crippen molar-refractivity contribution >= 4 is 46.3 Å². The lowest BCUT2D eigenvalue weighted by atomic mass is 10.2. The Bertz CT molecular complexity index is 721. The van der Waals surface area contributed by atoms with Gasteiger partial charge in [0.1, 0.15) is 0 Å². The van der Waals surface area contributed by atoms with E-state index in [0.29, 0.717) is 28.9 Å². The van der Waals surface area contributed by atoms with E-state index in [9.17, 15) is 4.79 Å². The van der Waals surface area contributed by atoms with E-state index in [1.165, 1.54) is 0 Å². The zero-order chi connectivity index (χ0) is 21.2. The Morgan fingerprint density at radius 2 is 1.43 bits per heavy atom. The van der Waals surface area contributed by atoms with Gasteiger partial charge < -0.3 is 20.1 Å². The minimum atomic E-state index is -0.287. The van der Waals surface area contributed by atoms with Crippen molar-refractivity contribution in [1.82, 2.24) is 26.9 Å². The Balaban J connectivity index is 1.32. The summed E-state index contributed by atoms with van der Waals surface area (Å²) in [6, 6.07) is 6.96. The van der Waals surface area contributed by atoms with Crippen molar-refractivity contribution in [3.63, 3.8) is 0 Å². The Kier molecular flexibility index (Phi) is 8.87. The molecule has 2 aliphatic heterocycles. The van der Waals surface area contributed by atoms with Crippen molar-refractivity contribution in [1.29, 1.82) is 0 Å². The van der Waals surface area contributed by atoms with Crippen LogP contribution in [0.4, 0.5) is 5.69 Å². The van der Waals surface area contributed by atoms with Crippen LogP contribution in [0.25, 0.3) is 0 Å². The number of rotatable bonds is 7. The summed E-state index contributed by atoms with van der Waals surface area (Å²) in [5.41, 5.74) is 12.5. The summed E-state index contributed by atoms with van der Waals surface area (Å²) in [6.07, 6.45) is 4.63. The van der Waals surface area contributed by atoms with Gasteiger partial charge in [-0.2, -0.15) is 0 Å². The van der Waals surface area contributed by atoms with Crippen LogP contribution in [-0.4, -0.2) is 54.6 Å². The van der Waals surface area contributed by atoms with Gasteiger partial charge in [-0.25, -0.2) is 0 Å². The smallest absolute Gasteiger partial charge is 0.269 e. The van der Waals surface area contributed by atoms with E-state index in [1.54, 1.807) is 24.3 Å². The first-order chi connectivity index (χ1) is 14.6. The number of carbonyl (C=O) groups excluding carboxylic acids is 1. The van der Waals surface area contributed by atoms with Gasteiger partial charge in [-0.3, -0.25) is 26.5 Å². The summed E-state index contributed by atoms with van der Waals surface area (Å²) in [7, 11) is 0. The number of hydrazine groups is 2. The lowest BCUT2D eigenvalue weighted by Crippen LogP contribution is -2.48. The second-order valence-corrected chi connectivity index (χ2v) is 7.91. The molecule has 2 aliphatic rings. The number of amides is 1. The number of carbonyl (C=O) groups is 1. The van der Waals surface area contributed by atoms with Crippen LogP contribution in [0.2, 0.25) is 0 Å². The van der Waals surface area contributed by atoms with Crippen LogP contribution in [0, 0.1) is 0 Å². The van der Waals surface area contributed by atoms with Gasteiger partial charge in [0, 0.05) is 31.9 Å². The molecule has 6 N–H and O–H groups in total. The highest BCUT2D eigenvalue weighted by Gasteiger charge is 2.16.